The van der Waals surface area contributed by atoms with E-state index in [4.69, 9.17) is 11.5 Å². The highest BCUT2D eigenvalue weighted by Crippen LogP contribution is 2.17. The summed E-state index contributed by atoms with van der Waals surface area (Å²) in [6, 6.07) is 3.87. The van der Waals surface area contributed by atoms with Crippen molar-refractivity contribution in [1.82, 2.24) is 0 Å². The second-order valence-electron chi connectivity index (χ2n) is 3.62. The van der Waals surface area contributed by atoms with Crippen molar-refractivity contribution in [3.8, 4) is 0 Å². The Kier molecular flexibility index (Phi) is 3.09. The smallest absolute Gasteiger partial charge is 0.280 e. The Bertz CT molecular complexity index is 408. The molecule has 1 amide bonds. The molecule has 0 aliphatic heterocycles. The zero-order valence-corrected chi connectivity index (χ0v) is 9.16. The van der Waals surface area contributed by atoms with E-state index in [9.17, 15) is 4.79 Å². The van der Waals surface area contributed by atoms with Crippen molar-refractivity contribution in [3.63, 3.8) is 0 Å². The normalized spacial score (nSPS) is 9.80. The van der Waals surface area contributed by atoms with Gasteiger partial charge in [0.25, 0.3) is 5.91 Å². The summed E-state index contributed by atoms with van der Waals surface area (Å²) in [5, 5.41) is 0. The zero-order valence-electron chi connectivity index (χ0n) is 9.16. The standard InChI is InChI=1S/C11H15N3O/c1-6-4-7(2)9(8(3)5-6)10(15)14-11(12)13/h4-5H,1-3H3,(H4,12,13,14,15). The lowest BCUT2D eigenvalue weighted by Gasteiger charge is -2.07. The molecule has 80 valence electrons. The van der Waals surface area contributed by atoms with E-state index in [1.54, 1.807) is 0 Å². The molecule has 0 atom stereocenters. The minimum absolute atomic E-state index is 0.209. The van der Waals surface area contributed by atoms with Gasteiger partial charge < -0.3 is 11.5 Å². The molecule has 15 heavy (non-hydrogen) atoms. The van der Waals surface area contributed by atoms with E-state index >= 15 is 0 Å². The van der Waals surface area contributed by atoms with Crippen LogP contribution < -0.4 is 11.5 Å². The van der Waals surface area contributed by atoms with E-state index in [1.165, 1.54) is 0 Å². The van der Waals surface area contributed by atoms with E-state index in [1.807, 2.05) is 32.9 Å². The van der Waals surface area contributed by atoms with Crippen LogP contribution in [0.3, 0.4) is 0 Å². The third-order valence-electron chi connectivity index (χ3n) is 2.12. The first-order valence-corrected chi connectivity index (χ1v) is 4.63. The number of hydrogen-bond donors (Lipinski definition) is 2. The molecule has 1 aromatic rings. The van der Waals surface area contributed by atoms with Gasteiger partial charge in [0.15, 0.2) is 5.96 Å². The zero-order chi connectivity index (χ0) is 11.6. The van der Waals surface area contributed by atoms with Gasteiger partial charge >= 0.3 is 0 Å². The highest BCUT2D eigenvalue weighted by Gasteiger charge is 2.11. The third kappa shape index (κ3) is 2.56. The monoisotopic (exact) mass is 205 g/mol. The average molecular weight is 205 g/mol. The fourth-order valence-electron chi connectivity index (χ4n) is 1.69. The average Bonchev–Trinajstić information content (AvgIpc) is 1.99. The fraction of sp³-hybridized carbons (Fsp3) is 0.273. The van der Waals surface area contributed by atoms with E-state index in [0.29, 0.717) is 5.56 Å². The largest absolute Gasteiger partial charge is 0.370 e. The topological polar surface area (TPSA) is 81.5 Å². The Morgan fingerprint density at radius 3 is 2.00 bits per heavy atom. The lowest BCUT2D eigenvalue weighted by molar-refractivity contribution is 0.100. The van der Waals surface area contributed by atoms with E-state index in [0.717, 1.165) is 16.7 Å². The third-order valence-corrected chi connectivity index (χ3v) is 2.12. The molecule has 0 aromatic heterocycles. The summed E-state index contributed by atoms with van der Waals surface area (Å²) in [7, 11) is 0. The van der Waals surface area contributed by atoms with Gasteiger partial charge in [0, 0.05) is 5.56 Å². The molecule has 4 nitrogen and oxygen atoms in total. The molecular weight excluding hydrogens is 190 g/mol. The van der Waals surface area contributed by atoms with Gasteiger partial charge in [0.05, 0.1) is 0 Å². The number of guanidine groups is 1. The van der Waals surface area contributed by atoms with Crippen molar-refractivity contribution in [2.75, 3.05) is 0 Å². The van der Waals surface area contributed by atoms with Crippen molar-refractivity contribution < 1.29 is 4.79 Å². The van der Waals surface area contributed by atoms with Gasteiger partial charge in [-0.25, -0.2) is 0 Å². The number of nitrogens with zero attached hydrogens (tertiary/aromatic N) is 1. The summed E-state index contributed by atoms with van der Waals surface area (Å²) >= 11 is 0. The minimum atomic E-state index is -0.384. The molecule has 0 spiro atoms. The Morgan fingerprint density at radius 1 is 1.13 bits per heavy atom. The number of nitrogens with two attached hydrogens (primary N) is 2. The molecule has 0 aliphatic carbocycles. The maximum absolute atomic E-state index is 11.7. The first kappa shape index (κ1) is 11.2. The molecule has 0 saturated heterocycles. The molecule has 0 heterocycles. The van der Waals surface area contributed by atoms with Crippen LogP contribution in [0, 0.1) is 20.8 Å². The van der Waals surface area contributed by atoms with Crippen LogP contribution in [0.2, 0.25) is 0 Å². The van der Waals surface area contributed by atoms with Gasteiger partial charge in [-0.15, -0.1) is 0 Å². The highest BCUT2D eigenvalue weighted by molar-refractivity contribution is 6.03. The van der Waals surface area contributed by atoms with Crippen LogP contribution in [0.4, 0.5) is 0 Å². The van der Waals surface area contributed by atoms with Gasteiger partial charge in [-0.2, -0.15) is 4.99 Å². The molecular formula is C11H15N3O. The Morgan fingerprint density at radius 2 is 1.60 bits per heavy atom. The van der Waals surface area contributed by atoms with Crippen LogP contribution in [0.5, 0.6) is 0 Å². The molecule has 0 unspecified atom stereocenters. The second kappa shape index (κ2) is 4.13. The lowest BCUT2D eigenvalue weighted by Crippen LogP contribution is -2.24. The molecule has 4 heteroatoms. The van der Waals surface area contributed by atoms with Gasteiger partial charge in [0.2, 0.25) is 0 Å². The molecule has 0 radical (unpaired) electrons. The van der Waals surface area contributed by atoms with Crippen LogP contribution in [0.15, 0.2) is 17.1 Å². The van der Waals surface area contributed by atoms with E-state index in [-0.39, 0.29) is 11.9 Å². The Labute approximate surface area is 89.0 Å². The molecule has 0 fully saturated rings. The summed E-state index contributed by atoms with van der Waals surface area (Å²) < 4.78 is 0. The molecule has 0 bridgehead atoms. The van der Waals surface area contributed by atoms with E-state index in [2.05, 4.69) is 4.99 Å². The van der Waals surface area contributed by atoms with Crippen molar-refractivity contribution in [1.29, 1.82) is 0 Å². The minimum Gasteiger partial charge on any atom is -0.370 e. The molecule has 4 N–H and O–H groups in total. The number of hydrogen-bond acceptors (Lipinski definition) is 1. The molecule has 1 aromatic carbocycles. The number of aryl methyl sites for hydroxylation is 3. The Hall–Kier alpha value is -1.84. The fourth-order valence-corrected chi connectivity index (χ4v) is 1.69. The summed E-state index contributed by atoms with van der Waals surface area (Å²) in [4.78, 5) is 15.2. The molecule has 0 aliphatic rings. The van der Waals surface area contributed by atoms with Crippen molar-refractivity contribution in [3.05, 3.63) is 34.4 Å². The van der Waals surface area contributed by atoms with Gasteiger partial charge in [0.1, 0.15) is 0 Å². The van der Waals surface area contributed by atoms with Crippen LogP contribution >= 0.6 is 0 Å². The quantitative estimate of drug-likeness (QED) is 0.530. The lowest BCUT2D eigenvalue weighted by atomic mass is 9.99. The van der Waals surface area contributed by atoms with Crippen LogP contribution in [-0.4, -0.2) is 11.9 Å². The predicted molar refractivity (Wildman–Crippen MR) is 60.8 cm³/mol. The second-order valence-corrected chi connectivity index (χ2v) is 3.62. The molecule has 1 rings (SSSR count). The first-order chi connectivity index (χ1) is 6.91. The maximum atomic E-state index is 11.7. The first-order valence-electron chi connectivity index (χ1n) is 4.63. The molecule has 0 saturated carbocycles. The number of rotatable bonds is 1. The number of carbonyl (C=O) groups excluding carboxylic acids is 1. The van der Waals surface area contributed by atoms with Gasteiger partial charge in [-0.05, 0) is 31.9 Å². The van der Waals surface area contributed by atoms with Crippen molar-refractivity contribution >= 4 is 11.9 Å². The van der Waals surface area contributed by atoms with Crippen LogP contribution in [-0.2, 0) is 0 Å². The van der Waals surface area contributed by atoms with Crippen molar-refractivity contribution in [2.24, 2.45) is 16.5 Å². The number of carbonyl (C=O) groups is 1. The summed E-state index contributed by atoms with van der Waals surface area (Å²) in [6.07, 6.45) is 0. The highest BCUT2D eigenvalue weighted by atomic mass is 16.1. The number of benzene rings is 1. The van der Waals surface area contributed by atoms with Gasteiger partial charge in [-0.3, -0.25) is 4.79 Å². The van der Waals surface area contributed by atoms with E-state index < -0.39 is 0 Å². The summed E-state index contributed by atoms with van der Waals surface area (Å²) in [5.74, 6) is -0.593. The predicted octanol–water partition coefficient (Wildman–Crippen LogP) is 1.03. The summed E-state index contributed by atoms with van der Waals surface area (Å²) in [6.45, 7) is 5.72. The number of aliphatic imine (C=N–C) groups is 1. The van der Waals surface area contributed by atoms with Crippen LogP contribution in [0.25, 0.3) is 0 Å². The van der Waals surface area contributed by atoms with Crippen LogP contribution in [0.1, 0.15) is 27.0 Å². The van der Waals surface area contributed by atoms with Gasteiger partial charge in [-0.1, -0.05) is 17.7 Å². The SMILES string of the molecule is Cc1cc(C)c(C(=O)N=C(N)N)c(C)c1. The maximum Gasteiger partial charge on any atom is 0.280 e. The number of amides is 1. The van der Waals surface area contributed by atoms with Crippen molar-refractivity contribution in [2.45, 2.75) is 20.8 Å². The summed E-state index contributed by atoms with van der Waals surface area (Å²) in [5.41, 5.74) is 13.8. The Balaban J connectivity index is 3.26.